The number of carbonyl (C=O) groups is 1. The number of thiazole rings is 1. The van der Waals surface area contributed by atoms with Crippen molar-refractivity contribution in [2.45, 2.75) is 6.92 Å². The molecule has 0 aliphatic heterocycles. The molecule has 3 aromatic carbocycles. The number of fused-ring (bicyclic) bond motifs is 1. The standard InChI is InChI=1S/C22H16N4O3S2/c1-13-2-11-18-19(12-13)31-21(24-18)15-3-7-16(8-4-15)23-22(30)25-20(27)14-5-9-17(10-6-14)26(28)29/h2-12H,1H3,(H2,23,25,27,30). The molecule has 9 heteroatoms. The van der Waals surface area contributed by atoms with E-state index in [1.165, 1.54) is 29.8 Å². The first-order chi connectivity index (χ1) is 14.9. The zero-order chi connectivity index (χ0) is 22.0. The number of anilines is 1. The van der Waals surface area contributed by atoms with Gasteiger partial charge in [-0.3, -0.25) is 20.2 Å². The zero-order valence-electron chi connectivity index (χ0n) is 16.3. The van der Waals surface area contributed by atoms with Crippen LogP contribution in [0, 0.1) is 17.0 Å². The smallest absolute Gasteiger partial charge is 0.269 e. The molecule has 0 saturated carbocycles. The number of aryl methyl sites for hydroxylation is 1. The lowest BCUT2D eigenvalue weighted by molar-refractivity contribution is -0.384. The summed E-state index contributed by atoms with van der Waals surface area (Å²) in [5.41, 5.74) is 4.08. The van der Waals surface area contributed by atoms with Crippen LogP contribution in [0.1, 0.15) is 15.9 Å². The third-order valence-electron chi connectivity index (χ3n) is 4.50. The van der Waals surface area contributed by atoms with Crippen molar-refractivity contribution in [3.05, 3.63) is 88.0 Å². The number of hydrogen-bond donors (Lipinski definition) is 2. The van der Waals surface area contributed by atoms with Gasteiger partial charge in [0.15, 0.2) is 5.11 Å². The molecule has 1 amide bonds. The molecule has 0 unspecified atom stereocenters. The van der Waals surface area contributed by atoms with Crippen LogP contribution in [0.2, 0.25) is 0 Å². The third kappa shape index (κ3) is 4.73. The van der Waals surface area contributed by atoms with Crippen molar-refractivity contribution in [2.75, 3.05) is 5.32 Å². The minimum Gasteiger partial charge on any atom is -0.332 e. The van der Waals surface area contributed by atoms with E-state index in [4.69, 9.17) is 12.2 Å². The van der Waals surface area contributed by atoms with Crippen molar-refractivity contribution < 1.29 is 9.72 Å². The summed E-state index contributed by atoms with van der Waals surface area (Å²) < 4.78 is 1.15. The predicted octanol–water partition coefficient (Wildman–Crippen LogP) is 5.31. The van der Waals surface area contributed by atoms with E-state index in [0.717, 1.165) is 26.5 Å². The van der Waals surface area contributed by atoms with Gasteiger partial charge in [-0.15, -0.1) is 11.3 Å². The summed E-state index contributed by atoms with van der Waals surface area (Å²) in [6, 6.07) is 19.1. The Morgan fingerprint density at radius 3 is 2.45 bits per heavy atom. The van der Waals surface area contributed by atoms with Crippen LogP contribution in [0.4, 0.5) is 11.4 Å². The number of carbonyl (C=O) groups excluding carboxylic acids is 1. The van der Waals surface area contributed by atoms with E-state index in [-0.39, 0.29) is 16.4 Å². The van der Waals surface area contributed by atoms with Crippen LogP contribution in [-0.4, -0.2) is 20.9 Å². The van der Waals surface area contributed by atoms with E-state index in [9.17, 15) is 14.9 Å². The maximum atomic E-state index is 12.3. The van der Waals surface area contributed by atoms with E-state index in [0.29, 0.717) is 0 Å². The highest BCUT2D eigenvalue weighted by molar-refractivity contribution is 7.80. The first kappa shape index (κ1) is 20.6. The number of nitrogens with one attached hydrogen (secondary N) is 2. The maximum Gasteiger partial charge on any atom is 0.269 e. The van der Waals surface area contributed by atoms with Gasteiger partial charge in [-0.2, -0.15) is 0 Å². The average Bonchev–Trinajstić information content (AvgIpc) is 3.17. The van der Waals surface area contributed by atoms with Gasteiger partial charge in [-0.1, -0.05) is 6.07 Å². The molecular weight excluding hydrogens is 432 g/mol. The summed E-state index contributed by atoms with van der Waals surface area (Å²) in [4.78, 5) is 27.1. The topological polar surface area (TPSA) is 97.2 Å². The van der Waals surface area contributed by atoms with Gasteiger partial charge in [0.1, 0.15) is 5.01 Å². The van der Waals surface area contributed by atoms with Gasteiger partial charge in [-0.25, -0.2) is 4.98 Å². The monoisotopic (exact) mass is 448 g/mol. The van der Waals surface area contributed by atoms with Crippen molar-refractivity contribution in [3.63, 3.8) is 0 Å². The minimum absolute atomic E-state index is 0.0828. The van der Waals surface area contributed by atoms with Gasteiger partial charge in [0, 0.05) is 28.9 Å². The van der Waals surface area contributed by atoms with Gasteiger partial charge in [0.25, 0.3) is 11.6 Å². The molecule has 4 rings (SSSR count). The largest absolute Gasteiger partial charge is 0.332 e. The van der Waals surface area contributed by atoms with Gasteiger partial charge < -0.3 is 5.32 Å². The van der Waals surface area contributed by atoms with Crippen LogP contribution in [0.5, 0.6) is 0 Å². The van der Waals surface area contributed by atoms with Crippen molar-refractivity contribution in [3.8, 4) is 10.6 Å². The number of nitrogens with zero attached hydrogens (tertiary/aromatic N) is 2. The highest BCUT2D eigenvalue weighted by Gasteiger charge is 2.11. The molecule has 7 nitrogen and oxygen atoms in total. The predicted molar refractivity (Wildman–Crippen MR) is 127 cm³/mol. The Kier molecular flexibility index (Phi) is 5.70. The second-order valence-corrected chi connectivity index (χ2v) is 8.22. The number of nitro groups is 1. The first-order valence-electron chi connectivity index (χ1n) is 9.23. The summed E-state index contributed by atoms with van der Waals surface area (Å²) in [6.45, 7) is 2.06. The second-order valence-electron chi connectivity index (χ2n) is 6.78. The normalized spacial score (nSPS) is 10.6. The Labute approximate surface area is 186 Å². The molecule has 2 N–H and O–H groups in total. The molecule has 0 aliphatic rings. The van der Waals surface area contributed by atoms with Crippen LogP contribution in [0.15, 0.2) is 66.7 Å². The van der Waals surface area contributed by atoms with Gasteiger partial charge >= 0.3 is 0 Å². The first-order valence-corrected chi connectivity index (χ1v) is 10.5. The molecule has 154 valence electrons. The molecule has 0 bridgehead atoms. The number of amides is 1. The summed E-state index contributed by atoms with van der Waals surface area (Å²) in [5, 5.41) is 17.3. The molecule has 0 spiro atoms. The zero-order valence-corrected chi connectivity index (χ0v) is 17.9. The van der Waals surface area contributed by atoms with Gasteiger partial charge in [0.2, 0.25) is 0 Å². The van der Waals surface area contributed by atoms with Crippen LogP contribution < -0.4 is 10.6 Å². The number of thiocarbonyl (C=S) groups is 1. The lowest BCUT2D eigenvalue weighted by Crippen LogP contribution is -2.34. The van der Waals surface area contributed by atoms with E-state index in [1.54, 1.807) is 11.3 Å². The molecule has 0 radical (unpaired) electrons. The highest BCUT2D eigenvalue weighted by atomic mass is 32.1. The second kappa shape index (κ2) is 8.58. The van der Waals surface area contributed by atoms with Crippen molar-refractivity contribution in [1.29, 1.82) is 0 Å². The summed E-state index contributed by atoms with van der Waals surface area (Å²) in [6.07, 6.45) is 0. The number of hydrogen-bond acceptors (Lipinski definition) is 6. The Morgan fingerprint density at radius 2 is 1.77 bits per heavy atom. The average molecular weight is 449 g/mol. The van der Waals surface area contributed by atoms with Crippen LogP contribution in [-0.2, 0) is 0 Å². The fraction of sp³-hybridized carbons (Fsp3) is 0.0455. The van der Waals surface area contributed by atoms with Crippen LogP contribution >= 0.6 is 23.6 Å². The van der Waals surface area contributed by atoms with E-state index >= 15 is 0 Å². The lowest BCUT2D eigenvalue weighted by atomic mass is 10.2. The van der Waals surface area contributed by atoms with E-state index < -0.39 is 10.8 Å². The maximum absolute atomic E-state index is 12.3. The van der Waals surface area contributed by atoms with E-state index in [1.807, 2.05) is 36.4 Å². The number of benzene rings is 3. The van der Waals surface area contributed by atoms with Gasteiger partial charge in [0.05, 0.1) is 15.1 Å². The molecule has 0 fully saturated rings. The number of non-ortho nitro benzene ring substituents is 1. The van der Waals surface area contributed by atoms with Crippen LogP contribution in [0.25, 0.3) is 20.8 Å². The lowest BCUT2D eigenvalue weighted by Gasteiger charge is -2.10. The molecule has 0 atom stereocenters. The summed E-state index contributed by atoms with van der Waals surface area (Å²) in [5.74, 6) is -0.450. The fourth-order valence-corrected chi connectivity index (χ4v) is 4.20. The molecule has 1 aromatic heterocycles. The Morgan fingerprint density at radius 1 is 1.06 bits per heavy atom. The molecule has 4 aromatic rings. The molecule has 31 heavy (non-hydrogen) atoms. The van der Waals surface area contributed by atoms with Crippen molar-refractivity contribution >= 4 is 56.2 Å². The Balaban J connectivity index is 1.40. The Bertz CT molecular complexity index is 1300. The van der Waals surface area contributed by atoms with Crippen molar-refractivity contribution in [1.82, 2.24) is 10.3 Å². The van der Waals surface area contributed by atoms with Crippen LogP contribution in [0.3, 0.4) is 0 Å². The van der Waals surface area contributed by atoms with E-state index in [2.05, 4.69) is 28.6 Å². The number of aromatic nitrogens is 1. The highest BCUT2D eigenvalue weighted by Crippen LogP contribution is 2.31. The SMILES string of the molecule is Cc1ccc2nc(-c3ccc(NC(=S)NC(=O)c4ccc([N+](=O)[O-])cc4)cc3)sc2c1. The summed E-state index contributed by atoms with van der Waals surface area (Å²) >= 11 is 6.84. The third-order valence-corrected chi connectivity index (χ3v) is 5.77. The summed E-state index contributed by atoms with van der Waals surface area (Å²) in [7, 11) is 0. The van der Waals surface area contributed by atoms with Gasteiger partial charge in [-0.05, 0) is 73.2 Å². The minimum atomic E-state index is -0.521. The molecule has 0 saturated heterocycles. The molecule has 0 aliphatic carbocycles. The number of nitro benzene ring substituents is 1. The number of rotatable bonds is 4. The Hall–Kier alpha value is -3.69. The van der Waals surface area contributed by atoms with Crippen molar-refractivity contribution in [2.24, 2.45) is 0 Å². The molecular formula is C22H16N4O3S2. The quantitative estimate of drug-likeness (QED) is 0.250. The molecule has 1 heterocycles. The fourth-order valence-electron chi connectivity index (χ4n) is 2.92.